The molecule has 0 aliphatic carbocycles. The molecule has 0 unspecified atom stereocenters. The van der Waals surface area contributed by atoms with Crippen molar-refractivity contribution in [1.29, 1.82) is 0 Å². The first-order valence-electron chi connectivity index (χ1n) is 6.45. The molecule has 106 valence electrons. The van der Waals surface area contributed by atoms with E-state index < -0.39 is 0 Å². The minimum absolute atomic E-state index is 0.303. The van der Waals surface area contributed by atoms with Crippen LogP contribution in [0.15, 0.2) is 59.4 Å². The molecule has 0 aliphatic rings. The van der Waals surface area contributed by atoms with Gasteiger partial charge in [-0.1, -0.05) is 54.1 Å². The summed E-state index contributed by atoms with van der Waals surface area (Å²) in [7, 11) is 0. The molecule has 0 saturated carbocycles. The minimum atomic E-state index is -0.303. The van der Waals surface area contributed by atoms with Crippen LogP contribution in [0.2, 0.25) is 5.02 Å². The lowest BCUT2D eigenvalue weighted by Gasteiger charge is -2.09. The zero-order valence-corrected chi connectivity index (χ0v) is 11.8. The number of benzene rings is 2. The smallest absolute Gasteiger partial charge is 0.315 e. The summed E-state index contributed by atoms with van der Waals surface area (Å²) in [5.74, 6) is 0.551. The van der Waals surface area contributed by atoms with E-state index in [2.05, 4.69) is 15.6 Å². The highest BCUT2D eigenvalue weighted by Crippen LogP contribution is 2.14. The molecule has 21 heavy (non-hydrogen) atoms. The monoisotopic (exact) mass is 300 g/mol. The third-order valence-electron chi connectivity index (χ3n) is 3.06. The van der Waals surface area contributed by atoms with Gasteiger partial charge in [-0.2, -0.15) is 9.77 Å². The van der Waals surface area contributed by atoms with E-state index in [-0.39, 0.29) is 5.69 Å². The fraction of sp³-hybridized carbons (Fsp3) is 0.0667. The fourth-order valence-corrected chi connectivity index (χ4v) is 2.12. The molecule has 0 spiro atoms. The topological polar surface area (TPSA) is 62.7 Å². The van der Waals surface area contributed by atoms with Crippen molar-refractivity contribution in [3.8, 4) is 11.4 Å². The molecular weight excluding hydrogens is 288 g/mol. The molecule has 0 aliphatic heterocycles. The van der Waals surface area contributed by atoms with Crippen LogP contribution < -0.4 is 11.1 Å². The standard InChI is InChI=1S/C15H13ClN4O/c16-13-8-6-11(7-9-13)10-17-20-14(18-19-15(20)21)12-4-2-1-3-5-12/h1-9,17H,10H2,(H,19,21). The summed E-state index contributed by atoms with van der Waals surface area (Å²) in [5, 5.41) is 7.19. The third kappa shape index (κ3) is 2.98. The maximum absolute atomic E-state index is 11.9. The summed E-state index contributed by atoms with van der Waals surface area (Å²) in [4.78, 5) is 11.9. The van der Waals surface area contributed by atoms with Gasteiger partial charge in [0.05, 0.1) is 6.54 Å². The van der Waals surface area contributed by atoms with Crippen molar-refractivity contribution in [2.45, 2.75) is 6.54 Å². The quantitative estimate of drug-likeness (QED) is 0.778. The Bertz CT molecular complexity index is 777. The average Bonchev–Trinajstić information content (AvgIpc) is 2.89. The van der Waals surface area contributed by atoms with Gasteiger partial charge in [0, 0.05) is 10.6 Å². The number of rotatable bonds is 4. The van der Waals surface area contributed by atoms with Gasteiger partial charge >= 0.3 is 5.69 Å². The Balaban J connectivity index is 1.84. The van der Waals surface area contributed by atoms with Crippen molar-refractivity contribution >= 4 is 11.6 Å². The molecule has 1 aromatic heterocycles. The zero-order valence-electron chi connectivity index (χ0n) is 11.1. The average molecular weight is 301 g/mol. The van der Waals surface area contributed by atoms with E-state index in [4.69, 9.17) is 11.6 Å². The highest BCUT2D eigenvalue weighted by molar-refractivity contribution is 6.30. The van der Waals surface area contributed by atoms with E-state index in [1.165, 1.54) is 4.68 Å². The van der Waals surface area contributed by atoms with E-state index in [1.807, 2.05) is 54.6 Å². The summed E-state index contributed by atoms with van der Waals surface area (Å²) in [5.41, 5.74) is 4.64. The van der Waals surface area contributed by atoms with E-state index in [1.54, 1.807) is 0 Å². The molecule has 0 radical (unpaired) electrons. The highest BCUT2D eigenvalue weighted by Gasteiger charge is 2.09. The Morgan fingerprint density at radius 1 is 1.10 bits per heavy atom. The summed E-state index contributed by atoms with van der Waals surface area (Å²) < 4.78 is 1.41. The van der Waals surface area contributed by atoms with Gasteiger partial charge in [-0.25, -0.2) is 9.89 Å². The van der Waals surface area contributed by atoms with E-state index >= 15 is 0 Å². The van der Waals surface area contributed by atoms with Gasteiger partial charge in [-0.15, -0.1) is 0 Å². The van der Waals surface area contributed by atoms with Crippen molar-refractivity contribution in [2.24, 2.45) is 0 Å². The SMILES string of the molecule is O=c1[nH]nc(-c2ccccc2)n1NCc1ccc(Cl)cc1. The Kier molecular flexibility index (Phi) is 3.75. The van der Waals surface area contributed by atoms with Crippen LogP contribution in [0.3, 0.4) is 0 Å². The predicted octanol–water partition coefficient (Wildman–Crippen LogP) is 2.64. The van der Waals surface area contributed by atoms with Crippen LogP contribution in [0.1, 0.15) is 5.56 Å². The van der Waals surface area contributed by atoms with Crippen molar-refractivity contribution < 1.29 is 0 Å². The largest absolute Gasteiger partial charge is 0.362 e. The minimum Gasteiger partial charge on any atom is -0.315 e. The number of aromatic amines is 1. The molecule has 5 nitrogen and oxygen atoms in total. The molecule has 0 saturated heterocycles. The first-order chi connectivity index (χ1) is 10.2. The van der Waals surface area contributed by atoms with E-state index in [9.17, 15) is 4.79 Å². The Morgan fingerprint density at radius 3 is 2.52 bits per heavy atom. The first kappa shape index (κ1) is 13.5. The zero-order chi connectivity index (χ0) is 14.7. The Morgan fingerprint density at radius 2 is 1.81 bits per heavy atom. The van der Waals surface area contributed by atoms with Crippen LogP contribution in [0, 0.1) is 0 Å². The van der Waals surface area contributed by atoms with Crippen molar-refractivity contribution in [3.05, 3.63) is 75.7 Å². The number of nitrogens with zero attached hydrogens (tertiary/aromatic N) is 2. The van der Waals surface area contributed by atoms with Gasteiger partial charge in [0.25, 0.3) is 0 Å². The molecule has 1 heterocycles. The summed E-state index contributed by atoms with van der Waals surface area (Å²) >= 11 is 5.85. The van der Waals surface area contributed by atoms with Gasteiger partial charge in [0.15, 0.2) is 5.82 Å². The van der Waals surface area contributed by atoms with E-state index in [0.717, 1.165) is 11.1 Å². The van der Waals surface area contributed by atoms with Gasteiger partial charge in [0.1, 0.15) is 0 Å². The number of halogens is 1. The molecular formula is C15H13ClN4O. The number of hydrogen-bond acceptors (Lipinski definition) is 3. The molecule has 3 aromatic rings. The summed E-state index contributed by atoms with van der Waals surface area (Å²) in [6, 6.07) is 17.0. The molecule has 6 heteroatoms. The molecule has 0 bridgehead atoms. The van der Waals surface area contributed by atoms with Gasteiger partial charge in [-0.3, -0.25) is 0 Å². The number of H-pyrrole nitrogens is 1. The molecule has 2 N–H and O–H groups in total. The van der Waals surface area contributed by atoms with Gasteiger partial charge in [-0.05, 0) is 17.7 Å². The summed E-state index contributed by atoms with van der Waals surface area (Å²) in [6.07, 6.45) is 0. The molecule has 0 amide bonds. The van der Waals surface area contributed by atoms with Crippen LogP contribution in [0.4, 0.5) is 0 Å². The van der Waals surface area contributed by atoms with Gasteiger partial charge in [0.2, 0.25) is 0 Å². The first-order valence-corrected chi connectivity index (χ1v) is 6.83. The number of hydrogen-bond donors (Lipinski definition) is 2. The van der Waals surface area contributed by atoms with Gasteiger partial charge < -0.3 is 5.43 Å². The molecule has 3 rings (SSSR count). The van der Waals surface area contributed by atoms with Crippen LogP contribution in [0.5, 0.6) is 0 Å². The van der Waals surface area contributed by atoms with Crippen LogP contribution in [-0.4, -0.2) is 14.9 Å². The maximum atomic E-state index is 11.9. The van der Waals surface area contributed by atoms with Crippen molar-refractivity contribution in [2.75, 3.05) is 5.43 Å². The van der Waals surface area contributed by atoms with Crippen molar-refractivity contribution in [3.63, 3.8) is 0 Å². The Labute approximate surface area is 126 Å². The lowest BCUT2D eigenvalue weighted by atomic mass is 10.2. The van der Waals surface area contributed by atoms with E-state index in [0.29, 0.717) is 17.4 Å². The second-order valence-electron chi connectivity index (χ2n) is 4.52. The normalized spacial score (nSPS) is 10.5. The fourth-order valence-electron chi connectivity index (χ4n) is 2.00. The Hall–Kier alpha value is -2.53. The van der Waals surface area contributed by atoms with Crippen LogP contribution in [0.25, 0.3) is 11.4 Å². The number of nitrogens with one attached hydrogen (secondary N) is 2. The lowest BCUT2D eigenvalue weighted by molar-refractivity contribution is 0.811. The number of aromatic nitrogens is 3. The second-order valence-corrected chi connectivity index (χ2v) is 4.95. The second kappa shape index (κ2) is 5.85. The summed E-state index contributed by atoms with van der Waals surface area (Å²) in [6.45, 7) is 0.496. The molecule has 2 aromatic carbocycles. The molecule has 0 atom stereocenters. The van der Waals surface area contributed by atoms with Crippen molar-refractivity contribution in [1.82, 2.24) is 14.9 Å². The van der Waals surface area contributed by atoms with Crippen LogP contribution >= 0.6 is 11.6 Å². The molecule has 0 fully saturated rings. The highest BCUT2D eigenvalue weighted by atomic mass is 35.5. The third-order valence-corrected chi connectivity index (χ3v) is 3.31. The van der Waals surface area contributed by atoms with Crippen LogP contribution in [-0.2, 0) is 6.54 Å². The predicted molar refractivity (Wildman–Crippen MR) is 82.8 cm³/mol. The lowest BCUT2D eigenvalue weighted by Crippen LogP contribution is -2.27. The maximum Gasteiger partial charge on any atom is 0.362 e.